The Hall–Kier alpha value is -0.390. The standard InChI is InChI=1S/C12H17FN2O.2ClH/c13-12-4-2-1-3-10(12)8-15-5-6-16-11(7-14)9-15;;/h1-4,11H,5-9,14H2;2*1H. The number of ether oxygens (including phenoxy) is 1. The molecule has 1 aliphatic heterocycles. The van der Waals surface area contributed by atoms with Crippen molar-refractivity contribution in [3.8, 4) is 0 Å². The molecule has 1 unspecified atom stereocenters. The van der Waals surface area contributed by atoms with Gasteiger partial charge in [-0.15, -0.1) is 24.8 Å². The van der Waals surface area contributed by atoms with Gasteiger partial charge in [0, 0.05) is 31.7 Å². The Kier molecular flexibility index (Phi) is 8.48. The fourth-order valence-electron chi connectivity index (χ4n) is 1.93. The molecular formula is C12H19Cl2FN2O. The zero-order chi connectivity index (χ0) is 11.4. The van der Waals surface area contributed by atoms with Crippen LogP contribution in [0.4, 0.5) is 4.39 Å². The summed E-state index contributed by atoms with van der Waals surface area (Å²) in [4.78, 5) is 2.18. The van der Waals surface area contributed by atoms with Crippen molar-refractivity contribution in [3.63, 3.8) is 0 Å². The van der Waals surface area contributed by atoms with E-state index < -0.39 is 0 Å². The van der Waals surface area contributed by atoms with Crippen molar-refractivity contribution in [2.24, 2.45) is 5.73 Å². The number of nitrogens with two attached hydrogens (primary N) is 1. The number of halogens is 3. The van der Waals surface area contributed by atoms with Crippen LogP contribution in [0.2, 0.25) is 0 Å². The van der Waals surface area contributed by atoms with Crippen LogP contribution < -0.4 is 5.73 Å². The van der Waals surface area contributed by atoms with Gasteiger partial charge in [0.1, 0.15) is 5.82 Å². The first kappa shape index (κ1) is 17.6. The monoisotopic (exact) mass is 296 g/mol. The normalized spacial score (nSPS) is 19.8. The number of nitrogens with zero attached hydrogens (tertiary/aromatic N) is 1. The third-order valence-corrected chi connectivity index (χ3v) is 2.84. The zero-order valence-corrected chi connectivity index (χ0v) is 11.7. The average molecular weight is 297 g/mol. The van der Waals surface area contributed by atoms with Crippen molar-refractivity contribution in [3.05, 3.63) is 35.6 Å². The van der Waals surface area contributed by atoms with Gasteiger partial charge in [-0.25, -0.2) is 4.39 Å². The van der Waals surface area contributed by atoms with Gasteiger partial charge in [0.15, 0.2) is 0 Å². The predicted octanol–water partition coefficient (Wildman–Crippen LogP) is 1.83. The van der Waals surface area contributed by atoms with E-state index in [0.717, 1.165) is 18.7 Å². The molecule has 18 heavy (non-hydrogen) atoms. The minimum atomic E-state index is -0.140. The number of rotatable bonds is 3. The summed E-state index contributed by atoms with van der Waals surface area (Å²) in [5.41, 5.74) is 6.30. The predicted molar refractivity (Wildman–Crippen MR) is 75.0 cm³/mol. The minimum Gasteiger partial charge on any atom is -0.374 e. The van der Waals surface area contributed by atoms with Crippen molar-refractivity contribution in [2.75, 3.05) is 26.2 Å². The molecule has 2 N–H and O–H groups in total. The molecule has 1 aliphatic rings. The van der Waals surface area contributed by atoms with E-state index in [9.17, 15) is 4.39 Å². The van der Waals surface area contributed by atoms with Gasteiger partial charge in [-0.1, -0.05) is 18.2 Å². The lowest BCUT2D eigenvalue weighted by Crippen LogP contribution is -2.45. The third-order valence-electron chi connectivity index (χ3n) is 2.84. The molecule has 1 fully saturated rings. The Balaban J connectivity index is 0.00000144. The highest BCUT2D eigenvalue weighted by Gasteiger charge is 2.19. The smallest absolute Gasteiger partial charge is 0.127 e. The largest absolute Gasteiger partial charge is 0.374 e. The molecule has 0 spiro atoms. The molecule has 1 saturated heterocycles. The second-order valence-electron chi connectivity index (χ2n) is 4.06. The van der Waals surface area contributed by atoms with Crippen LogP contribution in [0, 0.1) is 5.82 Å². The molecule has 1 aromatic rings. The van der Waals surface area contributed by atoms with Crippen LogP contribution in [0.1, 0.15) is 5.56 Å². The van der Waals surface area contributed by atoms with E-state index in [1.807, 2.05) is 12.1 Å². The van der Waals surface area contributed by atoms with E-state index in [2.05, 4.69) is 4.90 Å². The molecule has 0 bridgehead atoms. The highest BCUT2D eigenvalue weighted by atomic mass is 35.5. The fraction of sp³-hybridized carbons (Fsp3) is 0.500. The van der Waals surface area contributed by atoms with E-state index >= 15 is 0 Å². The highest BCUT2D eigenvalue weighted by Crippen LogP contribution is 2.12. The molecular weight excluding hydrogens is 278 g/mol. The van der Waals surface area contributed by atoms with Crippen LogP contribution in [-0.4, -0.2) is 37.2 Å². The van der Waals surface area contributed by atoms with Crippen LogP contribution in [0.5, 0.6) is 0 Å². The van der Waals surface area contributed by atoms with Gasteiger partial charge in [-0.2, -0.15) is 0 Å². The van der Waals surface area contributed by atoms with Gasteiger partial charge in [0.05, 0.1) is 12.7 Å². The SMILES string of the molecule is Cl.Cl.NCC1CN(Cc2ccccc2F)CCO1. The summed E-state index contributed by atoms with van der Waals surface area (Å²) in [6.45, 7) is 3.45. The van der Waals surface area contributed by atoms with E-state index in [1.54, 1.807) is 6.07 Å². The molecule has 0 aromatic heterocycles. The van der Waals surface area contributed by atoms with Crippen LogP contribution in [0.25, 0.3) is 0 Å². The van der Waals surface area contributed by atoms with Gasteiger partial charge in [-0.05, 0) is 6.07 Å². The maximum atomic E-state index is 13.4. The summed E-state index contributed by atoms with van der Waals surface area (Å²) < 4.78 is 18.9. The molecule has 1 atom stereocenters. The first-order chi connectivity index (χ1) is 7.79. The Bertz CT molecular complexity index is 355. The van der Waals surface area contributed by atoms with Crippen molar-refractivity contribution in [2.45, 2.75) is 12.6 Å². The molecule has 1 heterocycles. The second kappa shape index (κ2) is 8.67. The summed E-state index contributed by atoms with van der Waals surface area (Å²) in [5.74, 6) is -0.140. The lowest BCUT2D eigenvalue weighted by molar-refractivity contribution is -0.0263. The molecule has 3 nitrogen and oxygen atoms in total. The average Bonchev–Trinajstić information content (AvgIpc) is 2.32. The molecule has 6 heteroatoms. The first-order valence-corrected chi connectivity index (χ1v) is 5.57. The van der Waals surface area contributed by atoms with Crippen LogP contribution in [0.15, 0.2) is 24.3 Å². The zero-order valence-electron chi connectivity index (χ0n) is 10.0. The minimum absolute atomic E-state index is 0. The maximum absolute atomic E-state index is 13.4. The van der Waals surface area contributed by atoms with Crippen molar-refractivity contribution in [1.29, 1.82) is 0 Å². The Morgan fingerprint density at radius 2 is 2.06 bits per heavy atom. The maximum Gasteiger partial charge on any atom is 0.127 e. The van der Waals surface area contributed by atoms with E-state index in [1.165, 1.54) is 6.07 Å². The number of hydrogen-bond donors (Lipinski definition) is 1. The van der Waals surface area contributed by atoms with Crippen molar-refractivity contribution >= 4 is 24.8 Å². The number of hydrogen-bond acceptors (Lipinski definition) is 3. The molecule has 1 aromatic carbocycles. The molecule has 104 valence electrons. The molecule has 0 aliphatic carbocycles. The lowest BCUT2D eigenvalue weighted by atomic mass is 10.2. The summed E-state index contributed by atoms with van der Waals surface area (Å²) in [6, 6.07) is 6.89. The van der Waals surface area contributed by atoms with Crippen LogP contribution in [0.3, 0.4) is 0 Å². The van der Waals surface area contributed by atoms with Gasteiger partial charge in [-0.3, -0.25) is 4.90 Å². The Morgan fingerprint density at radius 3 is 2.72 bits per heavy atom. The third kappa shape index (κ3) is 4.71. The van der Waals surface area contributed by atoms with E-state index in [0.29, 0.717) is 19.7 Å². The van der Waals surface area contributed by atoms with Gasteiger partial charge >= 0.3 is 0 Å². The van der Waals surface area contributed by atoms with Gasteiger partial charge in [0.2, 0.25) is 0 Å². The summed E-state index contributed by atoms with van der Waals surface area (Å²) in [6.07, 6.45) is 0.0838. The van der Waals surface area contributed by atoms with Crippen LogP contribution >= 0.6 is 24.8 Å². The number of benzene rings is 1. The van der Waals surface area contributed by atoms with Crippen molar-refractivity contribution in [1.82, 2.24) is 4.90 Å². The van der Waals surface area contributed by atoms with E-state index in [4.69, 9.17) is 10.5 Å². The first-order valence-electron chi connectivity index (χ1n) is 5.57. The molecule has 2 rings (SSSR count). The quantitative estimate of drug-likeness (QED) is 0.925. The van der Waals surface area contributed by atoms with Crippen LogP contribution in [-0.2, 0) is 11.3 Å². The summed E-state index contributed by atoms with van der Waals surface area (Å²) >= 11 is 0. The van der Waals surface area contributed by atoms with Gasteiger partial charge < -0.3 is 10.5 Å². The topological polar surface area (TPSA) is 38.5 Å². The Labute approximate surface area is 119 Å². The molecule has 0 radical (unpaired) electrons. The van der Waals surface area contributed by atoms with Gasteiger partial charge in [0.25, 0.3) is 0 Å². The summed E-state index contributed by atoms with van der Waals surface area (Å²) in [5, 5.41) is 0. The fourth-order valence-corrected chi connectivity index (χ4v) is 1.93. The lowest BCUT2D eigenvalue weighted by Gasteiger charge is -2.32. The highest BCUT2D eigenvalue weighted by molar-refractivity contribution is 5.85. The molecule has 0 amide bonds. The van der Waals surface area contributed by atoms with Crippen molar-refractivity contribution < 1.29 is 9.13 Å². The number of morpholine rings is 1. The molecule has 0 saturated carbocycles. The Morgan fingerprint density at radius 1 is 1.33 bits per heavy atom. The second-order valence-corrected chi connectivity index (χ2v) is 4.06. The van der Waals surface area contributed by atoms with E-state index in [-0.39, 0.29) is 36.7 Å². The summed E-state index contributed by atoms with van der Waals surface area (Å²) in [7, 11) is 0.